The van der Waals surface area contributed by atoms with Gasteiger partial charge in [0.25, 0.3) is 5.52 Å². The average Bonchev–Trinajstić information content (AvgIpc) is 3.35. The molecule has 0 unspecified atom stereocenters. The highest BCUT2D eigenvalue weighted by molar-refractivity contribution is 6.15. The summed E-state index contributed by atoms with van der Waals surface area (Å²) in [5, 5.41) is 23.8. The number of nitriles is 1. The number of aromatic nitrogens is 2. The van der Waals surface area contributed by atoms with Crippen LogP contribution in [0, 0.1) is 37.3 Å². The summed E-state index contributed by atoms with van der Waals surface area (Å²) in [4.78, 5) is 28.3. The Bertz CT molecular complexity index is 1720. The number of amides is 2. The monoisotopic (exact) mass is 562 g/mol. The smallest absolute Gasteiger partial charge is 0.425 e. The number of anilines is 1. The van der Waals surface area contributed by atoms with Crippen LogP contribution in [-0.2, 0) is 9.47 Å². The molecule has 0 N–H and O–H groups in total. The summed E-state index contributed by atoms with van der Waals surface area (Å²) < 4.78 is 24.9. The number of fused-ring (bicyclic) bond motifs is 3. The fraction of sp³-hybridized carbons (Fsp3) is 0.400. The molecule has 216 valence electrons. The number of aryl methyl sites for hydroxylation is 2. The number of hydrogen-bond acceptors (Lipinski definition) is 8. The zero-order chi connectivity index (χ0) is 30.6. The van der Waals surface area contributed by atoms with Gasteiger partial charge in [-0.15, -0.1) is 0 Å². The van der Waals surface area contributed by atoms with E-state index in [1.807, 2.05) is 19.9 Å². The van der Waals surface area contributed by atoms with E-state index in [4.69, 9.17) is 18.6 Å². The number of hydrogen-bond donors (Lipinski definition) is 0. The van der Waals surface area contributed by atoms with Gasteiger partial charge in [0.1, 0.15) is 40.4 Å². The van der Waals surface area contributed by atoms with Gasteiger partial charge < -0.3 is 23.8 Å². The first-order valence-corrected chi connectivity index (χ1v) is 13.0. The van der Waals surface area contributed by atoms with Crippen molar-refractivity contribution < 1.29 is 32.9 Å². The summed E-state index contributed by atoms with van der Waals surface area (Å²) >= 11 is 0. The van der Waals surface area contributed by atoms with Gasteiger partial charge in [0.05, 0.1) is 23.7 Å². The van der Waals surface area contributed by atoms with Gasteiger partial charge in [-0.2, -0.15) is 14.9 Å². The number of carbonyl (C=O) groups excluding carboxylic acids is 2. The topological polar surface area (TPSA) is 134 Å². The SMILES string of the molecule is COc1ccc(C)c(-n2c(N(C(=O)OC(C)(C)C)C(=O)OC(C)(C)C)c(C#N)c3c[n+]([O-])c4c(C)coc4c32)c1C. The van der Waals surface area contributed by atoms with Crippen LogP contribution in [-0.4, -0.2) is 35.1 Å². The van der Waals surface area contributed by atoms with E-state index in [1.165, 1.54) is 19.6 Å². The Labute approximate surface area is 238 Å². The molecule has 11 nitrogen and oxygen atoms in total. The zero-order valence-electron chi connectivity index (χ0n) is 25.0. The van der Waals surface area contributed by atoms with E-state index < -0.39 is 23.4 Å². The fourth-order valence-corrected chi connectivity index (χ4v) is 4.77. The largest absolute Gasteiger partial charge is 0.618 e. The van der Waals surface area contributed by atoms with Crippen LogP contribution in [0.4, 0.5) is 15.4 Å². The molecule has 0 atom stereocenters. The Hall–Kier alpha value is -4.72. The predicted molar refractivity (Wildman–Crippen MR) is 152 cm³/mol. The first-order chi connectivity index (χ1) is 19.0. The average molecular weight is 563 g/mol. The van der Waals surface area contributed by atoms with Crippen molar-refractivity contribution in [2.45, 2.75) is 73.5 Å². The molecule has 0 saturated heterocycles. The first kappa shape index (κ1) is 29.3. The van der Waals surface area contributed by atoms with Crippen LogP contribution >= 0.6 is 0 Å². The summed E-state index contributed by atoms with van der Waals surface area (Å²) in [5.41, 5.74) is 1.08. The molecule has 1 aromatic carbocycles. The lowest BCUT2D eigenvalue weighted by atomic mass is 10.1. The third-order valence-corrected chi connectivity index (χ3v) is 6.31. The molecule has 0 fully saturated rings. The van der Waals surface area contributed by atoms with E-state index >= 15 is 0 Å². The van der Waals surface area contributed by atoms with Crippen molar-refractivity contribution in [2.75, 3.05) is 12.0 Å². The third kappa shape index (κ3) is 5.13. The molecule has 0 spiro atoms. The molecule has 3 aromatic heterocycles. The molecule has 0 bridgehead atoms. The summed E-state index contributed by atoms with van der Waals surface area (Å²) in [6.07, 6.45) is 0.554. The van der Waals surface area contributed by atoms with Crippen LogP contribution in [0.25, 0.3) is 27.7 Å². The van der Waals surface area contributed by atoms with Crippen LogP contribution in [0.15, 0.2) is 29.0 Å². The minimum atomic E-state index is -1.06. The first-order valence-electron chi connectivity index (χ1n) is 13.0. The molecule has 11 heteroatoms. The predicted octanol–water partition coefficient (Wildman–Crippen LogP) is 6.49. The van der Waals surface area contributed by atoms with Gasteiger partial charge in [0.2, 0.25) is 5.58 Å². The molecule has 0 saturated carbocycles. The van der Waals surface area contributed by atoms with Crippen molar-refractivity contribution in [1.29, 1.82) is 5.26 Å². The Morgan fingerprint density at radius 3 is 2.12 bits per heavy atom. The summed E-state index contributed by atoms with van der Waals surface area (Å²) in [5.74, 6) is 0.367. The van der Waals surface area contributed by atoms with Gasteiger partial charge in [0.15, 0.2) is 12.0 Å². The maximum absolute atomic E-state index is 13.8. The standard InChI is InChI=1S/C30H34N4O7/c1-16-11-12-21(38-10)18(3)22(16)33-24-20(14-32(37)23-17(2)15-39-25(23)24)19(13-31)26(33)34(27(35)40-29(4,5)6)28(36)41-30(7,8)9/h11-12,14-15H,1-10H3. The minimum Gasteiger partial charge on any atom is -0.618 e. The van der Waals surface area contributed by atoms with E-state index in [1.54, 1.807) is 59.1 Å². The summed E-state index contributed by atoms with van der Waals surface area (Å²) in [7, 11) is 1.53. The van der Waals surface area contributed by atoms with Gasteiger partial charge in [-0.05, 0) is 73.9 Å². The number of methoxy groups -OCH3 is 1. The van der Waals surface area contributed by atoms with E-state index in [0.29, 0.717) is 37.7 Å². The van der Waals surface area contributed by atoms with Crippen LogP contribution in [0.2, 0.25) is 0 Å². The van der Waals surface area contributed by atoms with E-state index in [2.05, 4.69) is 6.07 Å². The number of ether oxygens (including phenoxy) is 3. The molecule has 41 heavy (non-hydrogen) atoms. The van der Waals surface area contributed by atoms with E-state index in [0.717, 1.165) is 5.56 Å². The lowest BCUT2D eigenvalue weighted by Crippen LogP contribution is -2.45. The van der Waals surface area contributed by atoms with Crippen molar-refractivity contribution in [3.8, 4) is 17.5 Å². The van der Waals surface area contributed by atoms with Crippen molar-refractivity contribution in [2.24, 2.45) is 0 Å². The van der Waals surface area contributed by atoms with Gasteiger partial charge in [0, 0.05) is 5.56 Å². The number of furan rings is 1. The number of rotatable bonds is 3. The number of carbonyl (C=O) groups is 2. The van der Waals surface area contributed by atoms with Gasteiger partial charge in [-0.3, -0.25) is 4.57 Å². The molecule has 0 aliphatic carbocycles. The van der Waals surface area contributed by atoms with Crippen LogP contribution in [0.3, 0.4) is 0 Å². The Morgan fingerprint density at radius 2 is 1.61 bits per heavy atom. The van der Waals surface area contributed by atoms with Crippen molar-refractivity contribution in [1.82, 2.24) is 4.57 Å². The highest BCUT2D eigenvalue weighted by Gasteiger charge is 2.40. The quantitative estimate of drug-likeness (QED) is 0.204. The molecule has 4 rings (SSSR count). The maximum Gasteiger partial charge on any atom is 0.425 e. The van der Waals surface area contributed by atoms with Crippen LogP contribution in [0.1, 0.15) is 63.8 Å². The Kier molecular flexibility index (Phi) is 7.16. The third-order valence-electron chi connectivity index (χ3n) is 6.31. The van der Waals surface area contributed by atoms with Crippen LogP contribution < -0.4 is 14.4 Å². The van der Waals surface area contributed by atoms with E-state index in [-0.39, 0.29) is 27.9 Å². The fourth-order valence-electron chi connectivity index (χ4n) is 4.77. The van der Waals surface area contributed by atoms with Crippen molar-refractivity contribution >= 4 is 40.0 Å². The Balaban J connectivity index is 2.28. The second kappa shape index (κ2) is 10.0. The summed E-state index contributed by atoms with van der Waals surface area (Å²) in [6, 6.07) is 5.72. The van der Waals surface area contributed by atoms with Gasteiger partial charge in [-0.25, -0.2) is 9.59 Å². The lowest BCUT2D eigenvalue weighted by Gasteiger charge is -2.30. The number of pyridine rings is 1. The highest BCUT2D eigenvalue weighted by atomic mass is 16.6. The molecule has 4 aromatic rings. The van der Waals surface area contributed by atoms with Gasteiger partial charge in [-0.1, -0.05) is 6.07 Å². The zero-order valence-corrected chi connectivity index (χ0v) is 25.0. The molecular formula is C30H34N4O7. The molecule has 0 radical (unpaired) electrons. The molecule has 3 heterocycles. The van der Waals surface area contributed by atoms with Crippen molar-refractivity contribution in [3.05, 3.63) is 52.1 Å². The number of imide groups is 1. The number of benzene rings is 1. The number of nitrogens with zero attached hydrogens (tertiary/aromatic N) is 4. The van der Waals surface area contributed by atoms with Gasteiger partial charge >= 0.3 is 12.2 Å². The lowest BCUT2D eigenvalue weighted by molar-refractivity contribution is -0.575. The normalized spacial score (nSPS) is 11.9. The maximum atomic E-state index is 13.8. The van der Waals surface area contributed by atoms with Crippen molar-refractivity contribution in [3.63, 3.8) is 0 Å². The second-order valence-corrected chi connectivity index (χ2v) is 11.8. The minimum absolute atomic E-state index is 0.126. The Morgan fingerprint density at radius 1 is 1.02 bits per heavy atom. The molecular weight excluding hydrogens is 528 g/mol. The van der Waals surface area contributed by atoms with Crippen LogP contribution in [0.5, 0.6) is 5.75 Å². The molecule has 2 amide bonds. The molecule has 0 aliphatic rings. The summed E-state index contributed by atoms with van der Waals surface area (Å²) in [6.45, 7) is 15.3. The molecule has 0 aliphatic heterocycles. The highest BCUT2D eigenvalue weighted by Crippen LogP contribution is 2.42. The van der Waals surface area contributed by atoms with E-state index in [9.17, 15) is 20.1 Å². The second-order valence-electron chi connectivity index (χ2n) is 11.8.